The number of allylic oxidation sites excluding steroid dienone is 2. The van der Waals surface area contributed by atoms with Gasteiger partial charge in [-0.1, -0.05) is 60.4 Å². The van der Waals surface area contributed by atoms with Crippen LogP contribution in [-0.4, -0.2) is 34.7 Å². The van der Waals surface area contributed by atoms with Crippen LogP contribution in [0.2, 0.25) is 0 Å². The summed E-state index contributed by atoms with van der Waals surface area (Å²) in [7, 11) is 1.59. The van der Waals surface area contributed by atoms with Gasteiger partial charge in [0.05, 0.1) is 12.0 Å². The Hall–Kier alpha value is -2.90. The van der Waals surface area contributed by atoms with E-state index in [0.717, 1.165) is 16.9 Å². The highest BCUT2D eigenvalue weighted by molar-refractivity contribution is 8.26. The molecule has 0 bridgehead atoms. The smallest absolute Gasteiger partial charge is 0.266 e. The number of hydrogen-bond donors (Lipinski definition) is 1. The molecule has 0 aliphatic carbocycles. The van der Waals surface area contributed by atoms with Crippen LogP contribution in [0.3, 0.4) is 0 Å². The highest BCUT2D eigenvalue weighted by Gasteiger charge is 2.31. The zero-order valence-corrected chi connectivity index (χ0v) is 19.1. The zero-order chi connectivity index (χ0) is 22.2. The third kappa shape index (κ3) is 6.54. The number of methoxy groups -OCH3 is 1. The molecule has 1 heterocycles. The van der Waals surface area contributed by atoms with Crippen molar-refractivity contribution in [3.8, 4) is 5.75 Å². The number of amides is 2. The molecule has 0 saturated carbocycles. The minimum absolute atomic E-state index is 0.104. The summed E-state index contributed by atoms with van der Waals surface area (Å²) < 4.78 is 5.63. The van der Waals surface area contributed by atoms with E-state index in [1.54, 1.807) is 36.3 Å². The molecule has 1 aliphatic heterocycles. The molecule has 0 atom stereocenters. The Kier molecular flexibility index (Phi) is 8.03. The SMILES string of the molecule is COc1ccc(NC(=O)CCCN2C(=O)C(=CC(C)=Cc3ccccc3)SC2=S)cc1. The number of carbonyl (C=O) groups is 2. The largest absolute Gasteiger partial charge is 0.497 e. The van der Waals surface area contributed by atoms with Crippen molar-refractivity contribution in [3.05, 3.63) is 76.7 Å². The fourth-order valence-electron chi connectivity index (χ4n) is 3.05. The number of carbonyl (C=O) groups excluding carboxylic acids is 2. The van der Waals surface area contributed by atoms with E-state index in [1.807, 2.05) is 49.4 Å². The van der Waals surface area contributed by atoms with Gasteiger partial charge in [0.2, 0.25) is 5.91 Å². The van der Waals surface area contributed by atoms with Crippen LogP contribution >= 0.6 is 24.0 Å². The second kappa shape index (κ2) is 10.9. The van der Waals surface area contributed by atoms with Gasteiger partial charge in [0.15, 0.2) is 0 Å². The minimum atomic E-state index is -0.105. The average molecular weight is 453 g/mol. The van der Waals surface area contributed by atoms with Crippen molar-refractivity contribution in [1.29, 1.82) is 0 Å². The fraction of sp³-hybridized carbons (Fsp3) is 0.208. The van der Waals surface area contributed by atoms with Crippen LogP contribution in [0.5, 0.6) is 5.75 Å². The minimum Gasteiger partial charge on any atom is -0.497 e. The Bertz CT molecular complexity index is 1010. The zero-order valence-electron chi connectivity index (χ0n) is 17.5. The van der Waals surface area contributed by atoms with Crippen molar-refractivity contribution < 1.29 is 14.3 Å². The molecule has 2 aromatic carbocycles. The molecule has 0 aromatic heterocycles. The quantitative estimate of drug-likeness (QED) is 0.437. The lowest BCUT2D eigenvalue weighted by Crippen LogP contribution is -2.29. The van der Waals surface area contributed by atoms with Gasteiger partial charge in [0.1, 0.15) is 10.1 Å². The first kappa shape index (κ1) is 22.8. The Morgan fingerprint density at radius 3 is 2.55 bits per heavy atom. The molecule has 2 amide bonds. The van der Waals surface area contributed by atoms with Crippen LogP contribution < -0.4 is 10.1 Å². The molecule has 1 aliphatic rings. The van der Waals surface area contributed by atoms with Gasteiger partial charge in [-0.2, -0.15) is 0 Å². The van der Waals surface area contributed by atoms with Crippen molar-refractivity contribution in [2.24, 2.45) is 0 Å². The molecule has 3 rings (SSSR count). The molecule has 7 heteroatoms. The topological polar surface area (TPSA) is 58.6 Å². The van der Waals surface area contributed by atoms with E-state index in [2.05, 4.69) is 5.32 Å². The van der Waals surface area contributed by atoms with Crippen molar-refractivity contribution in [1.82, 2.24) is 4.90 Å². The van der Waals surface area contributed by atoms with E-state index in [1.165, 1.54) is 11.8 Å². The van der Waals surface area contributed by atoms with E-state index >= 15 is 0 Å². The molecule has 0 radical (unpaired) electrons. The predicted molar refractivity (Wildman–Crippen MR) is 131 cm³/mol. The third-order valence-electron chi connectivity index (χ3n) is 4.59. The first-order chi connectivity index (χ1) is 15.0. The maximum atomic E-state index is 12.7. The molecule has 1 N–H and O–H groups in total. The molecule has 1 saturated heterocycles. The number of thiocarbonyl (C=S) groups is 1. The molecular formula is C24H24N2O3S2. The van der Waals surface area contributed by atoms with E-state index in [0.29, 0.717) is 34.3 Å². The predicted octanol–water partition coefficient (Wildman–Crippen LogP) is 5.26. The number of thioether (sulfide) groups is 1. The Balaban J connectivity index is 1.51. The van der Waals surface area contributed by atoms with Crippen LogP contribution in [0.1, 0.15) is 25.3 Å². The number of nitrogens with zero attached hydrogens (tertiary/aromatic N) is 1. The van der Waals surface area contributed by atoms with Crippen LogP contribution in [0, 0.1) is 0 Å². The van der Waals surface area contributed by atoms with Crippen molar-refractivity contribution in [3.63, 3.8) is 0 Å². The molecule has 31 heavy (non-hydrogen) atoms. The normalized spacial score (nSPS) is 15.5. The Morgan fingerprint density at radius 1 is 1.16 bits per heavy atom. The summed E-state index contributed by atoms with van der Waals surface area (Å²) in [4.78, 5) is 27.1. The first-order valence-electron chi connectivity index (χ1n) is 9.89. The molecule has 160 valence electrons. The van der Waals surface area contributed by atoms with Crippen molar-refractivity contribution >= 4 is 51.9 Å². The van der Waals surface area contributed by atoms with Gasteiger partial charge in [-0.15, -0.1) is 0 Å². The molecular weight excluding hydrogens is 428 g/mol. The summed E-state index contributed by atoms with van der Waals surface area (Å²) in [5, 5.41) is 2.84. The fourth-order valence-corrected chi connectivity index (χ4v) is 4.41. The van der Waals surface area contributed by atoms with Crippen LogP contribution in [0.4, 0.5) is 5.69 Å². The highest BCUT2D eigenvalue weighted by atomic mass is 32.2. The third-order valence-corrected chi connectivity index (χ3v) is 5.96. The number of anilines is 1. The molecule has 2 aromatic rings. The summed E-state index contributed by atoms with van der Waals surface area (Å²) in [5.41, 5.74) is 2.76. The molecule has 5 nitrogen and oxygen atoms in total. The number of rotatable bonds is 8. The number of ether oxygens (including phenoxy) is 1. The number of benzene rings is 2. The highest BCUT2D eigenvalue weighted by Crippen LogP contribution is 2.32. The summed E-state index contributed by atoms with van der Waals surface area (Å²) >= 11 is 6.68. The van der Waals surface area contributed by atoms with Gasteiger partial charge < -0.3 is 10.1 Å². The van der Waals surface area contributed by atoms with Crippen LogP contribution in [0.15, 0.2) is 71.2 Å². The first-order valence-corrected chi connectivity index (χ1v) is 11.1. The van der Waals surface area contributed by atoms with Gasteiger partial charge >= 0.3 is 0 Å². The lowest BCUT2D eigenvalue weighted by atomic mass is 10.1. The van der Waals surface area contributed by atoms with Crippen LogP contribution in [0.25, 0.3) is 6.08 Å². The van der Waals surface area contributed by atoms with Crippen LogP contribution in [-0.2, 0) is 9.59 Å². The molecule has 0 unspecified atom stereocenters. The Labute approximate surface area is 192 Å². The second-order valence-corrected chi connectivity index (χ2v) is 8.69. The van der Waals surface area contributed by atoms with E-state index in [4.69, 9.17) is 17.0 Å². The van der Waals surface area contributed by atoms with Gasteiger partial charge in [-0.25, -0.2) is 0 Å². The maximum absolute atomic E-state index is 12.7. The van der Waals surface area contributed by atoms with E-state index in [-0.39, 0.29) is 11.8 Å². The lowest BCUT2D eigenvalue weighted by molar-refractivity contribution is -0.122. The lowest BCUT2D eigenvalue weighted by Gasteiger charge is -2.14. The van der Waals surface area contributed by atoms with Gasteiger partial charge in [-0.05, 0) is 54.8 Å². The molecule has 1 fully saturated rings. The van der Waals surface area contributed by atoms with Gasteiger partial charge in [0.25, 0.3) is 5.91 Å². The summed E-state index contributed by atoms with van der Waals surface area (Å²) in [6.07, 6.45) is 4.72. The number of hydrogen-bond acceptors (Lipinski definition) is 5. The second-order valence-electron chi connectivity index (χ2n) is 7.01. The summed E-state index contributed by atoms with van der Waals surface area (Å²) in [6, 6.07) is 17.1. The summed E-state index contributed by atoms with van der Waals surface area (Å²) in [6.45, 7) is 2.38. The van der Waals surface area contributed by atoms with Gasteiger partial charge in [-0.3, -0.25) is 14.5 Å². The molecule has 0 spiro atoms. The van der Waals surface area contributed by atoms with Crippen molar-refractivity contribution in [2.45, 2.75) is 19.8 Å². The van der Waals surface area contributed by atoms with Gasteiger partial charge in [0, 0.05) is 18.7 Å². The average Bonchev–Trinajstić information content (AvgIpc) is 3.02. The van der Waals surface area contributed by atoms with E-state index < -0.39 is 0 Å². The maximum Gasteiger partial charge on any atom is 0.266 e. The van der Waals surface area contributed by atoms with Crippen molar-refractivity contribution in [2.75, 3.05) is 19.0 Å². The number of nitrogens with one attached hydrogen (secondary N) is 1. The Morgan fingerprint density at radius 2 is 1.87 bits per heavy atom. The standard InChI is InChI=1S/C24H24N2O3S2/c1-17(15-18-7-4-3-5-8-18)16-21-23(28)26(24(30)31-21)14-6-9-22(27)25-19-10-12-20(29-2)13-11-19/h3-5,7-8,10-13,15-16H,6,9,14H2,1-2H3,(H,25,27). The summed E-state index contributed by atoms with van der Waals surface area (Å²) in [5.74, 6) is 0.522. The van der Waals surface area contributed by atoms with E-state index in [9.17, 15) is 9.59 Å². The monoisotopic (exact) mass is 452 g/mol.